The zero-order valence-corrected chi connectivity index (χ0v) is 10.7. The molecule has 0 radical (unpaired) electrons. The molecule has 1 amide bonds. The fourth-order valence-corrected chi connectivity index (χ4v) is 1.47. The fourth-order valence-electron chi connectivity index (χ4n) is 1.35. The normalized spacial score (nSPS) is 10.1. The highest BCUT2D eigenvalue weighted by Crippen LogP contribution is 2.18. The van der Waals surface area contributed by atoms with Crippen molar-refractivity contribution in [3.63, 3.8) is 0 Å². The summed E-state index contributed by atoms with van der Waals surface area (Å²) in [6.07, 6.45) is 0. The molecular formula is C12H14ClNO4. The Morgan fingerprint density at radius 2 is 1.94 bits per heavy atom. The van der Waals surface area contributed by atoms with Crippen LogP contribution < -0.4 is 4.90 Å². The number of hydrogen-bond donors (Lipinski definition) is 1. The molecule has 1 aromatic carbocycles. The molecule has 0 bridgehead atoms. The third kappa shape index (κ3) is 4.35. The number of ether oxygens (including phenoxy) is 1. The molecule has 1 rings (SSSR count). The molecule has 0 saturated carbocycles. The number of benzene rings is 1. The summed E-state index contributed by atoms with van der Waals surface area (Å²) in [7, 11) is 0. The van der Waals surface area contributed by atoms with Crippen LogP contribution in [0.2, 0.25) is 5.02 Å². The van der Waals surface area contributed by atoms with Gasteiger partial charge >= 0.3 is 5.97 Å². The van der Waals surface area contributed by atoms with Crippen LogP contribution in [-0.4, -0.2) is 36.7 Å². The van der Waals surface area contributed by atoms with Crippen LogP contribution in [0.5, 0.6) is 0 Å². The lowest BCUT2D eigenvalue weighted by atomic mass is 10.3. The van der Waals surface area contributed by atoms with E-state index in [2.05, 4.69) is 0 Å². The second kappa shape index (κ2) is 6.98. The van der Waals surface area contributed by atoms with Crippen molar-refractivity contribution >= 4 is 29.2 Å². The lowest BCUT2D eigenvalue weighted by Crippen LogP contribution is -2.38. The molecule has 6 heteroatoms. The Morgan fingerprint density at radius 3 is 2.44 bits per heavy atom. The predicted octanol–water partition coefficient (Wildman–Crippen LogP) is 1.79. The van der Waals surface area contributed by atoms with Gasteiger partial charge in [0.15, 0.2) is 0 Å². The van der Waals surface area contributed by atoms with Crippen molar-refractivity contribution in [1.29, 1.82) is 0 Å². The molecule has 0 aromatic heterocycles. The van der Waals surface area contributed by atoms with E-state index in [0.29, 0.717) is 17.3 Å². The van der Waals surface area contributed by atoms with Gasteiger partial charge in [0.1, 0.15) is 13.2 Å². The number of halogens is 1. The molecule has 5 nitrogen and oxygen atoms in total. The fraction of sp³-hybridized carbons (Fsp3) is 0.333. The van der Waals surface area contributed by atoms with E-state index in [1.54, 1.807) is 31.2 Å². The van der Waals surface area contributed by atoms with E-state index in [-0.39, 0.29) is 6.61 Å². The van der Waals surface area contributed by atoms with E-state index >= 15 is 0 Å². The first-order chi connectivity index (χ1) is 8.54. The third-order valence-corrected chi connectivity index (χ3v) is 2.41. The number of amides is 1. The van der Waals surface area contributed by atoms with Gasteiger partial charge in [0.2, 0.25) is 0 Å². The molecule has 0 aliphatic carbocycles. The topological polar surface area (TPSA) is 66.8 Å². The van der Waals surface area contributed by atoms with Gasteiger partial charge in [0, 0.05) is 17.3 Å². The lowest BCUT2D eigenvalue weighted by molar-refractivity contribution is -0.137. The minimum Gasteiger partial charge on any atom is -0.480 e. The van der Waals surface area contributed by atoms with Crippen LogP contribution in [0.1, 0.15) is 6.92 Å². The maximum atomic E-state index is 11.8. The number of aliphatic carboxylic acids is 1. The van der Waals surface area contributed by atoms with Gasteiger partial charge in [0.25, 0.3) is 5.91 Å². The highest BCUT2D eigenvalue weighted by atomic mass is 35.5. The van der Waals surface area contributed by atoms with Gasteiger partial charge in [-0.1, -0.05) is 11.6 Å². The van der Waals surface area contributed by atoms with E-state index in [1.807, 2.05) is 0 Å². The van der Waals surface area contributed by atoms with Crippen LogP contribution in [0.25, 0.3) is 0 Å². The quantitative estimate of drug-likeness (QED) is 0.857. The first-order valence-electron chi connectivity index (χ1n) is 5.40. The standard InChI is InChI=1S/C12H14ClNO4/c1-2-18-8-11(15)14(7-12(16)17)10-5-3-9(13)4-6-10/h3-6H,2,7-8H2,1H3,(H,16,17). The van der Waals surface area contributed by atoms with Crippen molar-refractivity contribution in [2.75, 3.05) is 24.7 Å². The number of anilines is 1. The Bertz CT molecular complexity index is 419. The zero-order valence-electron chi connectivity index (χ0n) is 9.93. The van der Waals surface area contributed by atoms with E-state index < -0.39 is 18.4 Å². The van der Waals surface area contributed by atoms with E-state index in [0.717, 1.165) is 4.90 Å². The van der Waals surface area contributed by atoms with Gasteiger partial charge in [-0.2, -0.15) is 0 Å². The first kappa shape index (κ1) is 14.5. The maximum Gasteiger partial charge on any atom is 0.323 e. The molecular weight excluding hydrogens is 258 g/mol. The van der Waals surface area contributed by atoms with Crippen molar-refractivity contribution in [1.82, 2.24) is 0 Å². The van der Waals surface area contributed by atoms with Crippen molar-refractivity contribution in [3.05, 3.63) is 29.3 Å². The summed E-state index contributed by atoms with van der Waals surface area (Å²) >= 11 is 5.74. The van der Waals surface area contributed by atoms with Crippen LogP contribution in [-0.2, 0) is 14.3 Å². The molecule has 0 unspecified atom stereocenters. The molecule has 0 aliphatic heterocycles. The minimum absolute atomic E-state index is 0.146. The number of carbonyl (C=O) groups excluding carboxylic acids is 1. The summed E-state index contributed by atoms with van der Waals surface area (Å²) in [5, 5.41) is 9.33. The van der Waals surface area contributed by atoms with Crippen molar-refractivity contribution in [2.24, 2.45) is 0 Å². The van der Waals surface area contributed by atoms with Gasteiger partial charge in [0.05, 0.1) is 0 Å². The number of hydrogen-bond acceptors (Lipinski definition) is 3. The molecule has 1 N–H and O–H groups in total. The van der Waals surface area contributed by atoms with E-state index in [9.17, 15) is 9.59 Å². The SMILES string of the molecule is CCOCC(=O)N(CC(=O)O)c1ccc(Cl)cc1. The average molecular weight is 272 g/mol. The lowest BCUT2D eigenvalue weighted by Gasteiger charge is -2.20. The summed E-state index contributed by atoms with van der Waals surface area (Å²) in [5.74, 6) is -1.49. The Labute approximate surface area is 110 Å². The van der Waals surface area contributed by atoms with Crippen LogP contribution in [0.3, 0.4) is 0 Å². The summed E-state index contributed by atoms with van der Waals surface area (Å²) in [4.78, 5) is 23.7. The Kier molecular flexibility index (Phi) is 5.61. The van der Waals surface area contributed by atoms with Crippen molar-refractivity contribution in [3.8, 4) is 0 Å². The average Bonchev–Trinajstić information content (AvgIpc) is 2.34. The molecule has 18 heavy (non-hydrogen) atoms. The molecule has 0 spiro atoms. The molecule has 0 fully saturated rings. The Hall–Kier alpha value is -1.59. The molecule has 0 atom stereocenters. The predicted molar refractivity (Wildman–Crippen MR) is 67.9 cm³/mol. The first-order valence-corrected chi connectivity index (χ1v) is 5.78. The van der Waals surface area contributed by atoms with Gasteiger partial charge in [-0.15, -0.1) is 0 Å². The maximum absolute atomic E-state index is 11.8. The highest BCUT2D eigenvalue weighted by Gasteiger charge is 2.18. The van der Waals surface area contributed by atoms with Crippen molar-refractivity contribution < 1.29 is 19.4 Å². The number of carboxylic acid groups (broad SMARTS) is 1. The molecule has 0 aliphatic rings. The molecule has 0 saturated heterocycles. The van der Waals surface area contributed by atoms with Crippen molar-refractivity contribution in [2.45, 2.75) is 6.92 Å². The molecule has 0 heterocycles. The zero-order chi connectivity index (χ0) is 13.5. The smallest absolute Gasteiger partial charge is 0.323 e. The Morgan fingerprint density at radius 1 is 1.33 bits per heavy atom. The summed E-state index contributed by atoms with van der Waals surface area (Å²) < 4.78 is 4.99. The number of carbonyl (C=O) groups is 2. The minimum atomic E-state index is -1.09. The summed E-state index contributed by atoms with van der Waals surface area (Å²) in [5.41, 5.74) is 0.478. The second-order valence-corrected chi connectivity index (χ2v) is 3.92. The van der Waals surface area contributed by atoms with E-state index in [4.69, 9.17) is 21.4 Å². The second-order valence-electron chi connectivity index (χ2n) is 3.49. The number of nitrogens with zero attached hydrogens (tertiary/aromatic N) is 1. The van der Waals surface area contributed by atoms with Gasteiger partial charge in [-0.05, 0) is 31.2 Å². The highest BCUT2D eigenvalue weighted by molar-refractivity contribution is 6.30. The third-order valence-electron chi connectivity index (χ3n) is 2.16. The van der Waals surface area contributed by atoms with E-state index in [1.165, 1.54) is 0 Å². The van der Waals surface area contributed by atoms with Gasteiger partial charge in [-0.25, -0.2) is 0 Å². The summed E-state index contributed by atoms with van der Waals surface area (Å²) in [6, 6.07) is 6.38. The molecule has 1 aromatic rings. The van der Waals surface area contributed by atoms with Crippen LogP contribution in [0.15, 0.2) is 24.3 Å². The summed E-state index contributed by atoms with van der Waals surface area (Å²) in [6.45, 7) is 1.60. The number of carboxylic acids is 1. The number of rotatable bonds is 6. The van der Waals surface area contributed by atoms with Crippen LogP contribution in [0.4, 0.5) is 5.69 Å². The van der Waals surface area contributed by atoms with Crippen LogP contribution in [0, 0.1) is 0 Å². The van der Waals surface area contributed by atoms with Crippen LogP contribution >= 0.6 is 11.6 Å². The largest absolute Gasteiger partial charge is 0.480 e. The van der Waals surface area contributed by atoms with Gasteiger partial charge < -0.3 is 9.84 Å². The van der Waals surface area contributed by atoms with Gasteiger partial charge in [-0.3, -0.25) is 14.5 Å². The monoisotopic (exact) mass is 271 g/mol. The Balaban J connectivity index is 2.86. The molecule has 98 valence electrons.